The van der Waals surface area contributed by atoms with Crippen molar-refractivity contribution in [1.29, 1.82) is 0 Å². The van der Waals surface area contributed by atoms with Gasteiger partial charge in [-0.15, -0.1) is 0 Å². The van der Waals surface area contributed by atoms with Crippen LogP contribution in [0.4, 0.5) is 0 Å². The molecule has 0 amide bonds. The van der Waals surface area contributed by atoms with E-state index in [4.69, 9.17) is 0 Å². The number of aryl methyl sites for hydroxylation is 1. The van der Waals surface area contributed by atoms with Crippen LogP contribution in [0.15, 0.2) is 53.0 Å². The lowest BCUT2D eigenvalue weighted by molar-refractivity contribution is 0.198. The maximum atomic E-state index is 3.61. The molecule has 0 bridgehead atoms. The third kappa shape index (κ3) is 3.54. The predicted molar refractivity (Wildman–Crippen MR) is 91.6 cm³/mol. The standard InChI is InChI=1S/C18H21BrN2/c1-14-5-7-15(8-6-14)18(21-11-9-20-10-12-21)16-3-2-4-17(19)13-16/h2-8,13,18,20H,9-12H2,1H3. The van der Waals surface area contributed by atoms with E-state index in [9.17, 15) is 0 Å². The molecule has 1 atom stereocenters. The highest BCUT2D eigenvalue weighted by molar-refractivity contribution is 9.10. The first-order chi connectivity index (χ1) is 10.2. The molecule has 1 N–H and O–H groups in total. The third-order valence-corrected chi connectivity index (χ3v) is 4.57. The molecular formula is C18H21BrN2. The first kappa shape index (κ1) is 14.8. The average molecular weight is 345 g/mol. The van der Waals surface area contributed by atoms with Gasteiger partial charge in [-0.25, -0.2) is 0 Å². The fourth-order valence-electron chi connectivity index (χ4n) is 2.98. The Bertz CT molecular complexity index is 588. The molecule has 1 heterocycles. The first-order valence-corrected chi connectivity index (χ1v) is 8.30. The van der Waals surface area contributed by atoms with E-state index in [2.05, 4.69) is 81.6 Å². The molecule has 0 radical (unpaired) electrons. The van der Waals surface area contributed by atoms with E-state index in [1.165, 1.54) is 16.7 Å². The van der Waals surface area contributed by atoms with Gasteiger partial charge in [-0.3, -0.25) is 4.90 Å². The minimum atomic E-state index is 0.338. The molecule has 2 aromatic carbocycles. The normalized spacial score (nSPS) is 17.6. The van der Waals surface area contributed by atoms with Gasteiger partial charge in [0.05, 0.1) is 6.04 Å². The number of piperazine rings is 1. The van der Waals surface area contributed by atoms with Gasteiger partial charge in [0, 0.05) is 30.7 Å². The topological polar surface area (TPSA) is 15.3 Å². The SMILES string of the molecule is Cc1ccc(C(c2cccc(Br)c2)N2CCNCC2)cc1. The summed E-state index contributed by atoms with van der Waals surface area (Å²) in [4.78, 5) is 2.57. The molecule has 1 unspecified atom stereocenters. The zero-order valence-corrected chi connectivity index (χ0v) is 13.9. The van der Waals surface area contributed by atoms with Gasteiger partial charge in [0.1, 0.15) is 0 Å². The van der Waals surface area contributed by atoms with Gasteiger partial charge in [-0.2, -0.15) is 0 Å². The average Bonchev–Trinajstić information content (AvgIpc) is 2.51. The molecule has 1 aliphatic rings. The highest BCUT2D eigenvalue weighted by Gasteiger charge is 2.23. The largest absolute Gasteiger partial charge is 0.314 e. The van der Waals surface area contributed by atoms with Crippen molar-refractivity contribution in [3.8, 4) is 0 Å². The van der Waals surface area contributed by atoms with Gasteiger partial charge in [-0.1, -0.05) is 57.9 Å². The maximum Gasteiger partial charge on any atom is 0.0603 e. The van der Waals surface area contributed by atoms with E-state index in [0.717, 1.165) is 30.7 Å². The van der Waals surface area contributed by atoms with E-state index in [0.29, 0.717) is 6.04 Å². The van der Waals surface area contributed by atoms with Crippen molar-refractivity contribution in [2.75, 3.05) is 26.2 Å². The van der Waals surface area contributed by atoms with E-state index < -0.39 is 0 Å². The first-order valence-electron chi connectivity index (χ1n) is 7.51. The molecule has 0 saturated carbocycles. The summed E-state index contributed by atoms with van der Waals surface area (Å²) < 4.78 is 1.15. The summed E-state index contributed by atoms with van der Waals surface area (Å²) in [5, 5.41) is 3.44. The Hall–Kier alpha value is -1.16. The van der Waals surface area contributed by atoms with Gasteiger partial charge in [0.2, 0.25) is 0 Å². The Morgan fingerprint density at radius 1 is 1.00 bits per heavy atom. The summed E-state index contributed by atoms with van der Waals surface area (Å²) in [6, 6.07) is 18.0. The number of rotatable bonds is 3. The Labute approximate surface area is 135 Å². The second-order valence-corrected chi connectivity index (χ2v) is 6.57. The highest BCUT2D eigenvalue weighted by Crippen LogP contribution is 2.30. The van der Waals surface area contributed by atoms with Crippen molar-refractivity contribution in [1.82, 2.24) is 10.2 Å². The van der Waals surface area contributed by atoms with Crippen LogP contribution in [0.1, 0.15) is 22.7 Å². The van der Waals surface area contributed by atoms with Crippen LogP contribution in [0.2, 0.25) is 0 Å². The van der Waals surface area contributed by atoms with Crippen molar-refractivity contribution >= 4 is 15.9 Å². The van der Waals surface area contributed by atoms with Crippen LogP contribution >= 0.6 is 15.9 Å². The Morgan fingerprint density at radius 2 is 1.71 bits per heavy atom. The fourth-order valence-corrected chi connectivity index (χ4v) is 3.40. The number of nitrogens with zero attached hydrogens (tertiary/aromatic N) is 1. The summed E-state index contributed by atoms with van der Waals surface area (Å²) in [5.74, 6) is 0. The lowest BCUT2D eigenvalue weighted by Gasteiger charge is -2.35. The molecule has 0 spiro atoms. The number of benzene rings is 2. The van der Waals surface area contributed by atoms with E-state index in [-0.39, 0.29) is 0 Å². The van der Waals surface area contributed by atoms with Gasteiger partial charge < -0.3 is 5.32 Å². The van der Waals surface area contributed by atoms with E-state index in [1.807, 2.05) is 0 Å². The van der Waals surface area contributed by atoms with Crippen LogP contribution in [-0.4, -0.2) is 31.1 Å². The van der Waals surface area contributed by atoms with Crippen molar-refractivity contribution < 1.29 is 0 Å². The van der Waals surface area contributed by atoms with Crippen LogP contribution in [0.25, 0.3) is 0 Å². The molecule has 1 saturated heterocycles. The minimum Gasteiger partial charge on any atom is -0.314 e. The third-order valence-electron chi connectivity index (χ3n) is 4.07. The molecule has 2 nitrogen and oxygen atoms in total. The second kappa shape index (κ2) is 6.73. The van der Waals surface area contributed by atoms with Crippen LogP contribution in [0.3, 0.4) is 0 Å². The molecule has 2 aromatic rings. The van der Waals surface area contributed by atoms with Crippen molar-refractivity contribution in [2.45, 2.75) is 13.0 Å². The summed E-state index contributed by atoms with van der Waals surface area (Å²) in [7, 11) is 0. The molecule has 3 heteroatoms. The molecule has 110 valence electrons. The number of halogens is 1. The van der Waals surface area contributed by atoms with Crippen LogP contribution in [0, 0.1) is 6.92 Å². The molecule has 1 fully saturated rings. The lowest BCUT2D eigenvalue weighted by Crippen LogP contribution is -2.45. The zero-order valence-electron chi connectivity index (χ0n) is 12.3. The molecule has 1 aliphatic heterocycles. The Kier molecular flexibility index (Phi) is 4.73. The summed E-state index contributed by atoms with van der Waals surface area (Å²) in [6.07, 6.45) is 0. The molecular weight excluding hydrogens is 324 g/mol. The van der Waals surface area contributed by atoms with Crippen LogP contribution in [0.5, 0.6) is 0 Å². The Morgan fingerprint density at radius 3 is 2.38 bits per heavy atom. The van der Waals surface area contributed by atoms with Gasteiger partial charge in [-0.05, 0) is 30.2 Å². The Balaban J connectivity index is 1.99. The fraction of sp³-hybridized carbons (Fsp3) is 0.333. The predicted octanol–water partition coefficient (Wildman–Crippen LogP) is 3.75. The zero-order chi connectivity index (χ0) is 14.7. The number of hydrogen-bond donors (Lipinski definition) is 1. The van der Waals surface area contributed by atoms with E-state index >= 15 is 0 Å². The van der Waals surface area contributed by atoms with Crippen molar-refractivity contribution in [3.63, 3.8) is 0 Å². The lowest BCUT2D eigenvalue weighted by atomic mass is 9.96. The highest BCUT2D eigenvalue weighted by atomic mass is 79.9. The van der Waals surface area contributed by atoms with Gasteiger partial charge in [0.25, 0.3) is 0 Å². The summed E-state index contributed by atoms with van der Waals surface area (Å²) in [6.45, 7) is 6.45. The van der Waals surface area contributed by atoms with Crippen molar-refractivity contribution in [3.05, 3.63) is 69.7 Å². The minimum absolute atomic E-state index is 0.338. The molecule has 0 aromatic heterocycles. The molecule has 3 rings (SSSR count). The van der Waals surface area contributed by atoms with Crippen LogP contribution in [-0.2, 0) is 0 Å². The number of nitrogens with one attached hydrogen (secondary N) is 1. The summed E-state index contributed by atoms with van der Waals surface area (Å²) in [5.41, 5.74) is 4.04. The summed E-state index contributed by atoms with van der Waals surface area (Å²) >= 11 is 3.61. The van der Waals surface area contributed by atoms with Crippen LogP contribution < -0.4 is 5.32 Å². The van der Waals surface area contributed by atoms with Gasteiger partial charge in [0.15, 0.2) is 0 Å². The quantitative estimate of drug-likeness (QED) is 0.911. The maximum absolute atomic E-state index is 3.61. The number of hydrogen-bond acceptors (Lipinski definition) is 2. The smallest absolute Gasteiger partial charge is 0.0603 e. The van der Waals surface area contributed by atoms with Crippen molar-refractivity contribution in [2.24, 2.45) is 0 Å². The van der Waals surface area contributed by atoms with Gasteiger partial charge >= 0.3 is 0 Å². The molecule has 0 aliphatic carbocycles. The van der Waals surface area contributed by atoms with E-state index in [1.54, 1.807) is 0 Å². The monoisotopic (exact) mass is 344 g/mol. The second-order valence-electron chi connectivity index (χ2n) is 5.65. The molecule has 21 heavy (non-hydrogen) atoms.